The van der Waals surface area contributed by atoms with Gasteiger partial charge in [-0.15, -0.1) is 0 Å². The molecule has 96 valence electrons. The van der Waals surface area contributed by atoms with Crippen molar-refractivity contribution in [1.29, 1.82) is 0 Å². The van der Waals surface area contributed by atoms with Crippen LogP contribution in [-0.2, 0) is 11.3 Å². The zero-order chi connectivity index (χ0) is 13.1. The molecule has 2 rings (SSSR count). The van der Waals surface area contributed by atoms with Crippen molar-refractivity contribution in [2.24, 2.45) is 0 Å². The molecule has 1 heterocycles. The maximum atomic E-state index is 10.8. The van der Waals surface area contributed by atoms with Crippen LogP contribution >= 0.6 is 0 Å². The van der Waals surface area contributed by atoms with E-state index in [2.05, 4.69) is 6.92 Å². The van der Waals surface area contributed by atoms with E-state index in [1.165, 1.54) is 6.07 Å². The Balaban J connectivity index is 2.19. The van der Waals surface area contributed by atoms with E-state index in [9.17, 15) is 4.79 Å². The highest BCUT2D eigenvalue weighted by molar-refractivity contribution is 5.91. The molecule has 2 aromatic rings. The number of fused-ring (bicyclic) bond motifs is 1. The molecule has 0 spiro atoms. The second-order valence-electron chi connectivity index (χ2n) is 4.32. The maximum Gasteiger partial charge on any atom is 0.371 e. The zero-order valence-corrected chi connectivity index (χ0v) is 10.5. The summed E-state index contributed by atoms with van der Waals surface area (Å²) in [6.45, 7) is 4.63. The molecular formula is C14H16O4. The third kappa shape index (κ3) is 2.71. The Bertz CT molecular complexity index is 556. The first-order chi connectivity index (χ1) is 8.60. The summed E-state index contributed by atoms with van der Waals surface area (Å²) in [7, 11) is 0. The predicted molar refractivity (Wildman–Crippen MR) is 67.7 cm³/mol. The molecule has 0 amide bonds. The lowest BCUT2D eigenvalue weighted by molar-refractivity contribution is 0.0509. The van der Waals surface area contributed by atoms with Crippen LogP contribution in [0.5, 0.6) is 0 Å². The van der Waals surface area contributed by atoms with Crippen LogP contribution in [0.3, 0.4) is 0 Å². The Labute approximate surface area is 105 Å². The molecule has 0 aliphatic heterocycles. The van der Waals surface area contributed by atoms with E-state index < -0.39 is 5.97 Å². The number of carboxylic acid groups (broad SMARTS) is 1. The van der Waals surface area contributed by atoms with E-state index in [0.717, 1.165) is 17.4 Å². The second kappa shape index (κ2) is 5.23. The quantitative estimate of drug-likeness (QED) is 0.880. The summed E-state index contributed by atoms with van der Waals surface area (Å²) in [5.74, 6) is -1.09. The van der Waals surface area contributed by atoms with E-state index in [0.29, 0.717) is 12.2 Å². The Hall–Kier alpha value is -1.81. The summed E-state index contributed by atoms with van der Waals surface area (Å²) in [4.78, 5) is 10.8. The molecule has 1 atom stereocenters. The van der Waals surface area contributed by atoms with E-state index in [1.54, 1.807) is 6.07 Å². The first kappa shape index (κ1) is 12.6. The molecule has 0 aliphatic carbocycles. The van der Waals surface area contributed by atoms with Crippen molar-refractivity contribution in [2.75, 3.05) is 0 Å². The third-order valence-corrected chi connectivity index (χ3v) is 2.90. The van der Waals surface area contributed by atoms with Crippen LogP contribution < -0.4 is 0 Å². The highest BCUT2D eigenvalue weighted by Crippen LogP contribution is 2.21. The predicted octanol–water partition coefficient (Wildman–Crippen LogP) is 3.45. The normalized spacial score (nSPS) is 12.8. The van der Waals surface area contributed by atoms with Crippen LogP contribution in [0.1, 0.15) is 36.4 Å². The number of carboxylic acids is 1. The van der Waals surface area contributed by atoms with Gasteiger partial charge in [0.25, 0.3) is 0 Å². The molecule has 0 saturated carbocycles. The number of aromatic carboxylic acids is 1. The van der Waals surface area contributed by atoms with Gasteiger partial charge in [-0.25, -0.2) is 4.79 Å². The van der Waals surface area contributed by atoms with Crippen LogP contribution in [-0.4, -0.2) is 17.2 Å². The number of hydrogen-bond acceptors (Lipinski definition) is 3. The third-order valence-electron chi connectivity index (χ3n) is 2.90. The van der Waals surface area contributed by atoms with Gasteiger partial charge in [0.2, 0.25) is 5.76 Å². The molecule has 0 radical (unpaired) electrons. The summed E-state index contributed by atoms with van der Waals surface area (Å²) in [5.41, 5.74) is 1.60. The van der Waals surface area contributed by atoms with Gasteiger partial charge in [-0.2, -0.15) is 0 Å². The Morgan fingerprint density at radius 1 is 1.44 bits per heavy atom. The van der Waals surface area contributed by atoms with Gasteiger partial charge in [0.15, 0.2) is 0 Å². The summed E-state index contributed by atoms with van der Waals surface area (Å²) in [6, 6.07) is 7.09. The molecule has 0 saturated heterocycles. The lowest BCUT2D eigenvalue weighted by Gasteiger charge is -2.10. The highest BCUT2D eigenvalue weighted by atomic mass is 16.5. The van der Waals surface area contributed by atoms with Crippen molar-refractivity contribution in [2.45, 2.75) is 33.0 Å². The molecule has 0 aliphatic rings. The first-order valence-corrected chi connectivity index (χ1v) is 5.97. The van der Waals surface area contributed by atoms with E-state index >= 15 is 0 Å². The van der Waals surface area contributed by atoms with Gasteiger partial charge >= 0.3 is 5.97 Å². The van der Waals surface area contributed by atoms with E-state index in [-0.39, 0.29) is 11.9 Å². The maximum absolute atomic E-state index is 10.8. The van der Waals surface area contributed by atoms with Crippen molar-refractivity contribution in [3.8, 4) is 0 Å². The minimum Gasteiger partial charge on any atom is -0.475 e. The second-order valence-corrected chi connectivity index (χ2v) is 4.32. The standard InChI is InChI=1S/C14H16O4/c1-3-9(2)17-8-10-4-5-12-11(6-10)7-13(18-12)14(15)16/h4-7,9H,3,8H2,1-2H3,(H,15,16). The van der Waals surface area contributed by atoms with Crippen molar-refractivity contribution in [1.82, 2.24) is 0 Å². The molecule has 0 bridgehead atoms. The molecule has 4 heteroatoms. The van der Waals surface area contributed by atoms with Gasteiger partial charge in [-0.1, -0.05) is 13.0 Å². The van der Waals surface area contributed by atoms with Crippen LogP contribution in [0.2, 0.25) is 0 Å². The monoisotopic (exact) mass is 248 g/mol. The fourth-order valence-electron chi connectivity index (χ4n) is 1.64. The van der Waals surface area contributed by atoms with Crippen LogP contribution in [0, 0.1) is 0 Å². The van der Waals surface area contributed by atoms with E-state index in [1.807, 2.05) is 19.1 Å². The number of carbonyl (C=O) groups is 1. The number of ether oxygens (including phenoxy) is 1. The van der Waals surface area contributed by atoms with Gasteiger partial charge < -0.3 is 14.3 Å². The van der Waals surface area contributed by atoms with Crippen molar-refractivity contribution in [3.63, 3.8) is 0 Å². The molecule has 1 aromatic heterocycles. The molecule has 1 aromatic carbocycles. The van der Waals surface area contributed by atoms with Gasteiger partial charge in [0.05, 0.1) is 12.7 Å². The van der Waals surface area contributed by atoms with Crippen LogP contribution in [0.15, 0.2) is 28.7 Å². The lowest BCUT2D eigenvalue weighted by Crippen LogP contribution is -2.05. The van der Waals surface area contributed by atoms with Gasteiger partial charge in [0.1, 0.15) is 5.58 Å². The minimum atomic E-state index is -1.05. The van der Waals surface area contributed by atoms with Crippen LogP contribution in [0.25, 0.3) is 11.0 Å². The number of hydrogen-bond donors (Lipinski definition) is 1. The van der Waals surface area contributed by atoms with Crippen molar-refractivity contribution < 1.29 is 19.1 Å². The Morgan fingerprint density at radius 3 is 2.89 bits per heavy atom. The summed E-state index contributed by atoms with van der Waals surface area (Å²) >= 11 is 0. The molecule has 4 nitrogen and oxygen atoms in total. The smallest absolute Gasteiger partial charge is 0.371 e. The number of benzene rings is 1. The molecule has 1 N–H and O–H groups in total. The lowest BCUT2D eigenvalue weighted by atomic mass is 10.1. The summed E-state index contributed by atoms with van der Waals surface area (Å²) < 4.78 is 10.8. The summed E-state index contributed by atoms with van der Waals surface area (Å²) in [5, 5.41) is 9.63. The fraction of sp³-hybridized carbons (Fsp3) is 0.357. The number of rotatable bonds is 5. The minimum absolute atomic E-state index is 0.0370. The first-order valence-electron chi connectivity index (χ1n) is 5.97. The average Bonchev–Trinajstić information content (AvgIpc) is 2.79. The van der Waals surface area contributed by atoms with Gasteiger partial charge in [-0.05, 0) is 37.1 Å². The SMILES string of the molecule is CCC(C)OCc1ccc2oc(C(=O)O)cc2c1. The average molecular weight is 248 g/mol. The molecular weight excluding hydrogens is 232 g/mol. The number of furan rings is 1. The highest BCUT2D eigenvalue weighted by Gasteiger charge is 2.10. The van der Waals surface area contributed by atoms with Crippen molar-refractivity contribution in [3.05, 3.63) is 35.6 Å². The van der Waals surface area contributed by atoms with Crippen LogP contribution in [0.4, 0.5) is 0 Å². The largest absolute Gasteiger partial charge is 0.475 e. The Kier molecular flexibility index (Phi) is 3.67. The Morgan fingerprint density at radius 2 is 2.22 bits per heavy atom. The molecule has 0 fully saturated rings. The van der Waals surface area contributed by atoms with Gasteiger partial charge in [0, 0.05) is 5.39 Å². The van der Waals surface area contributed by atoms with Crippen molar-refractivity contribution >= 4 is 16.9 Å². The molecule has 1 unspecified atom stereocenters. The zero-order valence-electron chi connectivity index (χ0n) is 10.5. The summed E-state index contributed by atoms with van der Waals surface area (Å²) in [6.07, 6.45) is 1.19. The molecule has 18 heavy (non-hydrogen) atoms. The topological polar surface area (TPSA) is 59.7 Å². The fourth-order valence-corrected chi connectivity index (χ4v) is 1.64. The van der Waals surface area contributed by atoms with Gasteiger partial charge in [-0.3, -0.25) is 0 Å². The van der Waals surface area contributed by atoms with E-state index in [4.69, 9.17) is 14.3 Å².